The average Bonchev–Trinajstić information content (AvgIpc) is 2.55. The molecule has 24 heavy (non-hydrogen) atoms. The van der Waals surface area contributed by atoms with Gasteiger partial charge in [-0.2, -0.15) is 0 Å². The maximum Gasteiger partial charge on any atom is 0.133 e. The molecule has 1 aliphatic heterocycles. The molecule has 0 spiro atoms. The van der Waals surface area contributed by atoms with Gasteiger partial charge in [0.1, 0.15) is 17.9 Å². The molecule has 1 saturated heterocycles. The van der Waals surface area contributed by atoms with E-state index in [2.05, 4.69) is 10.2 Å². The summed E-state index contributed by atoms with van der Waals surface area (Å²) in [6, 6.07) is 11.1. The van der Waals surface area contributed by atoms with Gasteiger partial charge in [0.15, 0.2) is 0 Å². The molecular weight excluding hydrogens is 310 g/mol. The van der Waals surface area contributed by atoms with Crippen molar-refractivity contribution in [2.45, 2.75) is 18.4 Å². The fraction of sp³-hybridized carbons (Fsp3) is 0.316. The molecule has 2 aromatic carbocycles. The number of nitrogens with zero attached hydrogens (tertiary/aromatic N) is 1. The quantitative estimate of drug-likeness (QED) is 0.824. The highest BCUT2D eigenvalue weighted by molar-refractivity contribution is 5.68. The first-order chi connectivity index (χ1) is 11.6. The summed E-state index contributed by atoms with van der Waals surface area (Å²) in [4.78, 5) is 12.8. The first-order valence-electron chi connectivity index (χ1n) is 8.00. The summed E-state index contributed by atoms with van der Waals surface area (Å²) in [5.74, 6) is -1.12. The molecule has 1 aliphatic rings. The van der Waals surface area contributed by atoms with Gasteiger partial charge in [-0.3, -0.25) is 0 Å². The number of hydrogen-bond donors (Lipinski definition) is 1. The lowest BCUT2D eigenvalue weighted by Gasteiger charge is -2.51. The van der Waals surface area contributed by atoms with E-state index in [9.17, 15) is 13.6 Å². The molecule has 2 aromatic rings. The van der Waals surface area contributed by atoms with E-state index >= 15 is 0 Å². The number of carbonyl (C=O) groups excluding carboxylic acids is 1. The third-order valence-corrected chi connectivity index (χ3v) is 4.74. The van der Waals surface area contributed by atoms with Gasteiger partial charge in [0.05, 0.1) is 11.1 Å². The van der Waals surface area contributed by atoms with Crippen LogP contribution < -0.4 is 10.2 Å². The van der Waals surface area contributed by atoms with E-state index in [0.29, 0.717) is 12.0 Å². The van der Waals surface area contributed by atoms with Gasteiger partial charge < -0.3 is 15.0 Å². The molecule has 126 valence electrons. The monoisotopic (exact) mass is 330 g/mol. The van der Waals surface area contributed by atoms with Crippen molar-refractivity contribution in [1.82, 2.24) is 5.32 Å². The van der Waals surface area contributed by atoms with Crippen LogP contribution in [0.25, 0.3) is 11.1 Å². The van der Waals surface area contributed by atoms with Crippen molar-refractivity contribution in [3.8, 4) is 11.1 Å². The summed E-state index contributed by atoms with van der Waals surface area (Å²) in [6.07, 6.45) is 2.29. The molecule has 5 heteroatoms. The van der Waals surface area contributed by atoms with Crippen molar-refractivity contribution in [2.24, 2.45) is 0 Å². The van der Waals surface area contributed by atoms with Crippen LogP contribution in [-0.4, -0.2) is 32.0 Å². The van der Waals surface area contributed by atoms with Crippen LogP contribution in [0.2, 0.25) is 0 Å². The third kappa shape index (κ3) is 3.04. The minimum Gasteiger partial charge on any atom is -0.368 e. The first kappa shape index (κ1) is 16.6. The summed E-state index contributed by atoms with van der Waals surface area (Å²) in [6.45, 7) is 1.62. The molecule has 3 nitrogen and oxygen atoms in total. The van der Waals surface area contributed by atoms with E-state index in [1.54, 1.807) is 12.1 Å². The van der Waals surface area contributed by atoms with Gasteiger partial charge in [-0.1, -0.05) is 18.2 Å². The zero-order valence-electron chi connectivity index (χ0n) is 13.6. The molecule has 0 bridgehead atoms. The number of benzene rings is 2. The molecule has 0 aromatic heterocycles. The summed E-state index contributed by atoms with van der Waals surface area (Å²) >= 11 is 0. The largest absolute Gasteiger partial charge is 0.368 e. The second-order valence-corrected chi connectivity index (χ2v) is 6.24. The van der Waals surface area contributed by atoms with Crippen LogP contribution in [-0.2, 0) is 4.79 Å². The lowest BCUT2D eigenvalue weighted by molar-refractivity contribution is -0.108. The Hall–Kier alpha value is -2.27. The lowest BCUT2D eigenvalue weighted by Crippen LogP contribution is -2.68. The highest BCUT2D eigenvalue weighted by atomic mass is 19.1. The van der Waals surface area contributed by atoms with E-state index in [1.807, 2.05) is 19.2 Å². The molecule has 0 radical (unpaired) electrons. The fourth-order valence-corrected chi connectivity index (χ4v) is 3.26. The van der Waals surface area contributed by atoms with Gasteiger partial charge in [0.2, 0.25) is 0 Å². The molecule has 0 atom stereocenters. The van der Waals surface area contributed by atoms with Crippen molar-refractivity contribution < 1.29 is 13.6 Å². The number of anilines is 1. The van der Waals surface area contributed by atoms with E-state index in [-0.39, 0.29) is 11.1 Å². The zero-order chi connectivity index (χ0) is 17.2. The summed E-state index contributed by atoms with van der Waals surface area (Å²) in [7, 11) is 1.91. The maximum atomic E-state index is 13.9. The molecule has 0 aliphatic carbocycles. The number of carbonyl (C=O) groups is 1. The fourth-order valence-electron chi connectivity index (χ4n) is 3.26. The van der Waals surface area contributed by atoms with Crippen molar-refractivity contribution in [3.05, 3.63) is 54.1 Å². The Bertz CT molecular complexity index is 704. The van der Waals surface area contributed by atoms with Crippen LogP contribution in [0.5, 0.6) is 0 Å². The molecule has 3 rings (SSSR count). The van der Waals surface area contributed by atoms with E-state index < -0.39 is 11.6 Å². The van der Waals surface area contributed by atoms with E-state index in [4.69, 9.17) is 0 Å². The number of hydrogen-bond acceptors (Lipinski definition) is 3. The number of halogens is 2. The number of likely N-dealkylation sites (N-methyl/N-ethyl adjacent to an activating group) is 1. The van der Waals surface area contributed by atoms with Gasteiger partial charge in [0, 0.05) is 25.2 Å². The number of aldehydes is 1. The standard InChI is InChI=1S/C19H20F2N2O/c1-22-19(10-3-11-24)12-23(13-19)15-8-6-14(7-9-15)18-16(20)4-2-5-17(18)21/h2,4-9,11,22H,3,10,12-13H2,1H3. The van der Waals surface area contributed by atoms with Crippen LogP contribution in [0.3, 0.4) is 0 Å². The second-order valence-electron chi connectivity index (χ2n) is 6.24. The van der Waals surface area contributed by atoms with Crippen LogP contribution in [0.15, 0.2) is 42.5 Å². The second kappa shape index (κ2) is 6.69. The maximum absolute atomic E-state index is 13.9. The van der Waals surface area contributed by atoms with Crippen molar-refractivity contribution in [1.29, 1.82) is 0 Å². The first-order valence-corrected chi connectivity index (χ1v) is 8.00. The van der Waals surface area contributed by atoms with Crippen molar-refractivity contribution >= 4 is 12.0 Å². The Morgan fingerprint density at radius 2 is 1.75 bits per heavy atom. The van der Waals surface area contributed by atoms with Gasteiger partial charge in [0.25, 0.3) is 0 Å². The lowest BCUT2D eigenvalue weighted by atomic mass is 9.84. The minimum atomic E-state index is -0.560. The summed E-state index contributed by atoms with van der Waals surface area (Å²) in [5.41, 5.74) is 1.50. The van der Waals surface area contributed by atoms with E-state index in [0.717, 1.165) is 31.5 Å². The molecule has 0 unspecified atom stereocenters. The molecule has 0 saturated carbocycles. The minimum absolute atomic E-state index is 0.00298. The topological polar surface area (TPSA) is 32.3 Å². The molecule has 1 heterocycles. The van der Waals surface area contributed by atoms with Gasteiger partial charge >= 0.3 is 0 Å². The van der Waals surface area contributed by atoms with Gasteiger partial charge in [-0.25, -0.2) is 8.78 Å². The smallest absolute Gasteiger partial charge is 0.133 e. The molecule has 1 N–H and O–H groups in total. The number of rotatable bonds is 6. The van der Waals surface area contributed by atoms with Crippen LogP contribution in [0.1, 0.15) is 12.8 Å². The predicted octanol–water partition coefficient (Wildman–Crippen LogP) is 3.39. The zero-order valence-corrected chi connectivity index (χ0v) is 13.6. The van der Waals surface area contributed by atoms with Crippen molar-refractivity contribution in [2.75, 3.05) is 25.0 Å². The van der Waals surface area contributed by atoms with Crippen molar-refractivity contribution in [3.63, 3.8) is 0 Å². The van der Waals surface area contributed by atoms with Gasteiger partial charge in [-0.05, 0) is 43.3 Å². The Kier molecular flexibility index (Phi) is 4.62. The molecule has 0 amide bonds. The predicted molar refractivity (Wildman–Crippen MR) is 91.1 cm³/mol. The summed E-state index contributed by atoms with van der Waals surface area (Å²) < 4.78 is 27.7. The molecule has 1 fully saturated rings. The Balaban J connectivity index is 1.74. The van der Waals surface area contributed by atoms with E-state index in [1.165, 1.54) is 18.2 Å². The Morgan fingerprint density at radius 1 is 1.12 bits per heavy atom. The summed E-state index contributed by atoms with van der Waals surface area (Å²) in [5, 5.41) is 3.30. The van der Waals surface area contributed by atoms with Crippen LogP contribution in [0.4, 0.5) is 14.5 Å². The highest BCUT2D eigenvalue weighted by Crippen LogP contribution is 2.33. The SMILES string of the molecule is CNC1(CCC=O)CN(c2ccc(-c3c(F)cccc3F)cc2)C1. The molecular formula is C19H20F2N2O. The Labute approximate surface area is 140 Å². The van der Waals surface area contributed by atoms with Gasteiger partial charge in [-0.15, -0.1) is 0 Å². The average molecular weight is 330 g/mol. The highest BCUT2D eigenvalue weighted by Gasteiger charge is 2.41. The Morgan fingerprint density at radius 3 is 2.29 bits per heavy atom. The third-order valence-electron chi connectivity index (χ3n) is 4.74. The van der Waals surface area contributed by atoms with Crippen LogP contribution in [0, 0.1) is 11.6 Å². The number of nitrogens with one attached hydrogen (secondary N) is 1. The van der Waals surface area contributed by atoms with Crippen LogP contribution >= 0.6 is 0 Å². The normalized spacial score (nSPS) is 15.9.